The number of nitrogens with one attached hydrogen (secondary N) is 1. The number of nitrogens with zero attached hydrogens (tertiary/aromatic N) is 1. The van der Waals surface area contributed by atoms with Crippen molar-refractivity contribution in [3.05, 3.63) is 47.5 Å². The van der Waals surface area contributed by atoms with Crippen LogP contribution in [0, 0.1) is 0 Å². The second-order valence-corrected chi connectivity index (χ2v) is 8.64. The summed E-state index contributed by atoms with van der Waals surface area (Å²) in [5, 5.41) is 2.40. The van der Waals surface area contributed by atoms with Crippen molar-refractivity contribution < 1.29 is 31.5 Å². The third-order valence-electron chi connectivity index (χ3n) is 4.28. The lowest BCUT2D eigenvalue weighted by molar-refractivity contribution is -0.127. The van der Waals surface area contributed by atoms with Crippen molar-refractivity contribution in [1.29, 1.82) is 0 Å². The summed E-state index contributed by atoms with van der Waals surface area (Å²) in [5.74, 6) is -0.553. The van der Waals surface area contributed by atoms with Crippen LogP contribution < -0.4 is 19.1 Å². The summed E-state index contributed by atoms with van der Waals surface area (Å²) >= 11 is 5.92. The van der Waals surface area contributed by atoms with E-state index in [1.165, 1.54) is 0 Å². The van der Waals surface area contributed by atoms with Crippen LogP contribution in [0.25, 0.3) is 0 Å². The Hall–Kier alpha value is -2.59. The number of benzene rings is 2. The van der Waals surface area contributed by atoms with Gasteiger partial charge in [0.05, 0.1) is 22.2 Å². The highest BCUT2D eigenvalue weighted by Crippen LogP contribution is 2.38. The van der Waals surface area contributed by atoms with Gasteiger partial charge in [-0.1, -0.05) is 30.7 Å². The molecule has 2 aromatic carbocycles. The molecular weight excluding hydrogens is 442 g/mol. The first kappa shape index (κ1) is 22.1. The van der Waals surface area contributed by atoms with Crippen molar-refractivity contribution in [3.63, 3.8) is 0 Å². The number of rotatable bonds is 7. The standard InChI is InChI=1S/C19H19ClF2N2O5S/c1-2-9-23-18(25)17-11-24(14-5-3-4-6-16(14)28-17)30(26,27)12-7-8-15(13(20)10-12)29-19(21)22/h3-8,10,17,19H,2,9,11H2,1H3,(H,23,25). The van der Waals surface area contributed by atoms with Crippen molar-refractivity contribution in [2.45, 2.75) is 31.0 Å². The quantitative estimate of drug-likeness (QED) is 0.684. The number of para-hydroxylation sites is 2. The second-order valence-electron chi connectivity index (χ2n) is 6.37. The lowest BCUT2D eigenvalue weighted by Crippen LogP contribution is -2.50. The molecule has 1 N–H and O–H groups in total. The molecule has 2 aromatic rings. The fourth-order valence-corrected chi connectivity index (χ4v) is 4.68. The maximum Gasteiger partial charge on any atom is 0.387 e. The zero-order valence-corrected chi connectivity index (χ0v) is 17.4. The van der Waals surface area contributed by atoms with E-state index in [2.05, 4.69) is 10.1 Å². The Kier molecular flexibility index (Phi) is 6.67. The van der Waals surface area contributed by atoms with Crippen LogP contribution in [0.5, 0.6) is 11.5 Å². The maximum absolute atomic E-state index is 13.3. The Morgan fingerprint density at radius 2 is 2.07 bits per heavy atom. The number of hydrogen-bond acceptors (Lipinski definition) is 5. The average Bonchev–Trinajstić information content (AvgIpc) is 2.72. The third-order valence-corrected chi connectivity index (χ3v) is 6.35. The highest BCUT2D eigenvalue weighted by Gasteiger charge is 2.37. The topological polar surface area (TPSA) is 84.9 Å². The van der Waals surface area contributed by atoms with Gasteiger partial charge in [0, 0.05) is 6.54 Å². The van der Waals surface area contributed by atoms with E-state index in [-0.39, 0.29) is 33.6 Å². The Morgan fingerprint density at radius 3 is 2.73 bits per heavy atom. The molecule has 0 spiro atoms. The maximum atomic E-state index is 13.3. The van der Waals surface area contributed by atoms with Crippen LogP contribution in [0.4, 0.5) is 14.5 Å². The number of sulfonamides is 1. The van der Waals surface area contributed by atoms with E-state index < -0.39 is 28.6 Å². The van der Waals surface area contributed by atoms with Crippen molar-refractivity contribution in [2.75, 3.05) is 17.4 Å². The third kappa shape index (κ3) is 4.59. The summed E-state index contributed by atoms with van der Waals surface area (Å²) in [6.45, 7) is -1.05. The van der Waals surface area contributed by atoms with E-state index in [1.54, 1.807) is 24.3 Å². The number of ether oxygens (including phenoxy) is 2. The zero-order valence-electron chi connectivity index (χ0n) is 15.8. The minimum absolute atomic E-state index is 0.229. The Bertz CT molecular complexity index is 1040. The van der Waals surface area contributed by atoms with Gasteiger partial charge in [-0.2, -0.15) is 8.78 Å². The van der Waals surface area contributed by atoms with Gasteiger partial charge >= 0.3 is 6.61 Å². The molecular formula is C19H19ClF2N2O5S. The highest BCUT2D eigenvalue weighted by molar-refractivity contribution is 7.92. The largest absolute Gasteiger partial charge is 0.476 e. The summed E-state index contributed by atoms with van der Waals surface area (Å²) in [6.07, 6.45) is -0.346. The summed E-state index contributed by atoms with van der Waals surface area (Å²) in [6, 6.07) is 9.59. The summed E-state index contributed by atoms with van der Waals surface area (Å²) < 4.78 is 62.5. The predicted molar refractivity (Wildman–Crippen MR) is 107 cm³/mol. The Labute approximate surface area is 177 Å². The molecule has 0 radical (unpaired) electrons. The number of alkyl halides is 2. The van der Waals surface area contributed by atoms with E-state index in [4.69, 9.17) is 16.3 Å². The smallest absolute Gasteiger partial charge is 0.387 e. The van der Waals surface area contributed by atoms with Gasteiger partial charge in [-0.3, -0.25) is 9.10 Å². The number of halogens is 3. The van der Waals surface area contributed by atoms with Crippen LogP contribution >= 0.6 is 11.6 Å². The molecule has 1 aliphatic rings. The van der Waals surface area contributed by atoms with E-state index >= 15 is 0 Å². The van der Waals surface area contributed by atoms with Gasteiger partial charge in [0.2, 0.25) is 0 Å². The van der Waals surface area contributed by atoms with Crippen LogP contribution in [0.2, 0.25) is 5.02 Å². The number of fused-ring (bicyclic) bond motifs is 1. The van der Waals surface area contributed by atoms with Crippen LogP contribution in [0.15, 0.2) is 47.4 Å². The van der Waals surface area contributed by atoms with Crippen LogP contribution in [0.3, 0.4) is 0 Å². The highest BCUT2D eigenvalue weighted by atomic mass is 35.5. The minimum Gasteiger partial charge on any atom is -0.476 e. The van der Waals surface area contributed by atoms with Crippen LogP contribution in [-0.2, 0) is 14.8 Å². The minimum atomic E-state index is -4.18. The molecule has 7 nitrogen and oxygen atoms in total. The fraction of sp³-hybridized carbons (Fsp3) is 0.316. The van der Waals surface area contributed by atoms with Crippen molar-refractivity contribution in [2.24, 2.45) is 0 Å². The van der Waals surface area contributed by atoms with Gasteiger partial charge in [0.1, 0.15) is 11.5 Å². The second kappa shape index (κ2) is 9.05. The van der Waals surface area contributed by atoms with E-state index in [0.717, 1.165) is 22.5 Å². The average molecular weight is 461 g/mol. The van der Waals surface area contributed by atoms with Crippen molar-refractivity contribution >= 4 is 33.2 Å². The predicted octanol–water partition coefficient (Wildman–Crippen LogP) is 3.42. The van der Waals surface area contributed by atoms with E-state index in [0.29, 0.717) is 13.0 Å². The van der Waals surface area contributed by atoms with Gasteiger partial charge in [-0.25, -0.2) is 8.42 Å². The number of carbonyl (C=O) groups excluding carboxylic acids is 1. The molecule has 30 heavy (non-hydrogen) atoms. The fourth-order valence-electron chi connectivity index (χ4n) is 2.89. The normalized spacial score (nSPS) is 16.0. The monoisotopic (exact) mass is 460 g/mol. The first-order chi connectivity index (χ1) is 14.2. The van der Waals surface area contributed by atoms with Gasteiger partial charge in [-0.15, -0.1) is 0 Å². The summed E-state index contributed by atoms with van der Waals surface area (Å²) in [4.78, 5) is 12.2. The lowest BCUT2D eigenvalue weighted by atomic mass is 10.2. The molecule has 3 rings (SSSR count). The molecule has 1 amide bonds. The van der Waals surface area contributed by atoms with E-state index in [9.17, 15) is 22.0 Å². The molecule has 1 aliphatic heterocycles. The Balaban J connectivity index is 1.97. The van der Waals surface area contributed by atoms with Crippen LogP contribution in [-0.4, -0.2) is 40.1 Å². The zero-order chi connectivity index (χ0) is 21.9. The lowest BCUT2D eigenvalue weighted by Gasteiger charge is -2.34. The summed E-state index contributed by atoms with van der Waals surface area (Å²) in [5.41, 5.74) is 0.251. The molecule has 0 aliphatic carbocycles. The molecule has 0 saturated carbocycles. The number of hydrogen-bond donors (Lipinski definition) is 1. The first-order valence-electron chi connectivity index (χ1n) is 9.04. The van der Waals surface area contributed by atoms with Crippen LogP contribution in [0.1, 0.15) is 13.3 Å². The first-order valence-corrected chi connectivity index (χ1v) is 10.9. The molecule has 1 unspecified atom stereocenters. The molecule has 1 atom stereocenters. The van der Waals surface area contributed by atoms with Crippen molar-refractivity contribution in [1.82, 2.24) is 5.32 Å². The number of amides is 1. The molecule has 0 fully saturated rings. The molecule has 11 heteroatoms. The Morgan fingerprint density at radius 1 is 1.33 bits per heavy atom. The molecule has 0 bridgehead atoms. The van der Waals surface area contributed by atoms with Crippen molar-refractivity contribution in [3.8, 4) is 11.5 Å². The van der Waals surface area contributed by atoms with Gasteiger partial charge in [-0.05, 0) is 36.8 Å². The van der Waals surface area contributed by atoms with Gasteiger partial charge in [0.25, 0.3) is 15.9 Å². The number of anilines is 1. The SMILES string of the molecule is CCCNC(=O)C1CN(S(=O)(=O)c2ccc(OC(F)F)c(Cl)c2)c2ccccc2O1. The van der Waals surface area contributed by atoms with Gasteiger partial charge in [0.15, 0.2) is 6.10 Å². The number of carbonyl (C=O) groups is 1. The molecule has 162 valence electrons. The van der Waals surface area contributed by atoms with E-state index in [1.807, 2.05) is 6.92 Å². The molecule has 1 heterocycles. The summed E-state index contributed by atoms with van der Waals surface area (Å²) in [7, 11) is -4.18. The molecule has 0 saturated heterocycles. The molecule has 0 aromatic heterocycles. The van der Waals surface area contributed by atoms with Gasteiger partial charge < -0.3 is 14.8 Å².